The summed E-state index contributed by atoms with van der Waals surface area (Å²) in [5, 5.41) is 0. The number of carbonyl (C=O) groups excluding carboxylic acids is 2. The van der Waals surface area contributed by atoms with Crippen LogP contribution in [0.5, 0.6) is 0 Å². The molecule has 4 aliphatic rings. The molecule has 106 valence electrons. The van der Waals surface area contributed by atoms with Gasteiger partial charge in [0, 0.05) is 13.8 Å². The molecule has 0 aromatic rings. The number of carbonyl (C=O) groups is 2. The Bertz CT molecular complexity index is 424. The van der Waals surface area contributed by atoms with Crippen LogP contribution in [0, 0.1) is 16.7 Å². The predicted octanol–water partition coefficient (Wildman–Crippen LogP) is 3.13. The van der Waals surface area contributed by atoms with Crippen LogP contribution in [0.15, 0.2) is 0 Å². The second kappa shape index (κ2) is 3.62. The van der Waals surface area contributed by atoms with Crippen LogP contribution in [0.2, 0.25) is 0 Å². The number of rotatable bonds is 1. The van der Waals surface area contributed by atoms with Crippen LogP contribution < -0.4 is 0 Å². The first-order valence-electron chi connectivity index (χ1n) is 7.49. The number of imide groups is 1. The standard InChI is InChI=1S/C16H25NO2/c1-11(18)17(12(2)19)16-7-13-5-14(3,9-16)8-15(4,6-13)10-16/h13H,5-10H2,1-4H3. The zero-order valence-electron chi connectivity index (χ0n) is 12.6. The molecule has 4 aliphatic carbocycles. The largest absolute Gasteiger partial charge is 0.277 e. The van der Waals surface area contributed by atoms with Crippen molar-refractivity contribution in [1.29, 1.82) is 0 Å². The van der Waals surface area contributed by atoms with E-state index in [0.717, 1.165) is 19.3 Å². The molecule has 0 aromatic carbocycles. The zero-order valence-corrected chi connectivity index (χ0v) is 12.6. The maximum Gasteiger partial charge on any atom is 0.226 e. The SMILES string of the molecule is CC(=O)N(C(C)=O)C12CC3CC(C)(CC(C)(C3)C1)C2. The summed E-state index contributed by atoms with van der Waals surface area (Å²) in [6, 6.07) is 0. The second-order valence-corrected chi connectivity index (χ2v) is 8.23. The molecular weight excluding hydrogens is 238 g/mol. The molecule has 0 spiro atoms. The van der Waals surface area contributed by atoms with Gasteiger partial charge in [-0.15, -0.1) is 0 Å². The van der Waals surface area contributed by atoms with Gasteiger partial charge in [0.15, 0.2) is 0 Å². The molecule has 4 bridgehead atoms. The molecule has 0 saturated heterocycles. The molecule has 2 atom stereocenters. The Hall–Kier alpha value is -0.860. The first-order chi connectivity index (χ1) is 8.67. The van der Waals surface area contributed by atoms with Crippen LogP contribution in [0.1, 0.15) is 66.2 Å². The molecule has 2 amide bonds. The van der Waals surface area contributed by atoms with Gasteiger partial charge < -0.3 is 0 Å². The van der Waals surface area contributed by atoms with Crippen molar-refractivity contribution < 1.29 is 9.59 Å². The summed E-state index contributed by atoms with van der Waals surface area (Å²) in [4.78, 5) is 25.6. The summed E-state index contributed by atoms with van der Waals surface area (Å²) in [6.07, 6.45) is 6.91. The molecule has 4 rings (SSSR count). The lowest BCUT2D eigenvalue weighted by molar-refractivity contribution is -0.180. The van der Waals surface area contributed by atoms with E-state index in [9.17, 15) is 9.59 Å². The summed E-state index contributed by atoms with van der Waals surface area (Å²) >= 11 is 0. The van der Waals surface area contributed by atoms with Gasteiger partial charge in [0.05, 0.1) is 5.54 Å². The lowest BCUT2D eigenvalue weighted by Gasteiger charge is -2.67. The smallest absolute Gasteiger partial charge is 0.226 e. The van der Waals surface area contributed by atoms with Gasteiger partial charge in [-0.25, -0.2) is 0 Å². The van der Waals surface area contributed by atoms with E-state index in [1.54, 1.807) is 18.7 Å². The highest BCUT2D eigenvalue weighted by molar-refractivity contribution is 5.94. The first kappa shape index (κ1) is 13.1. The number of hydrogen-bond acceptors (Lipinski definition) is 2. The van der Waals surface area contributed by atoms with Crippen LogP contribution in [0.3, 0.4) is 0 Å². The average molecular weight is 263 g/mol. The van der Waals surface area contributed by atoms with Crippen molar-refractivity contribution in [2.24, 2.45) is 16.7 Å². The molecule has 0 N–H and O–H groups in total. The summed E-state index contributed by atoms with van der Waals surface area (Å²) < 4.78 is 0. The molecule has 3 heteroatoms. The Morgan fingerprint density at radius 1 is 0.895 bits per heavy atom. The van der Waals surface area contributed by atoms with E-state index < -0.39 is 0 Å². The van der Waals surface area contributed by atoms with Crippen molar-refractivity contribution in [2.75, 3.05) is 0 Å². The van der Waals surface area contributed by atoms with Crippen LogP contribution in [-0.4, -0.2) is 22.3 Å². The van der Waals surface area contributed by atoms with Gasteiger partial charge in [0.1, 0.15) is 0 Å². The van der Waals surface area contributed by atoms with Gasteiger partial charge in [-0.05, 0) is 55.3 Å². The Morgan fingerprint density at radius 2 is 1.37 bits per heavy atom. The topological polar surface area (TPSA) is 37.4 Å². The first-order valence-corrected chi connectivity index (χ1v) is 7.49. The minimum atomic E-state index is -0.180. The minimum Gasteiger partial charge on any atom is -0.277 e. The normalized spacial score (nSPS) is 47.3. The fraction of sp³-hybridized carbons (Fsp3) is 0.875. The molecule has 0 aromatic heterocycles. The van der Waals surface area contributed by atoms with Crippen LogP contribution in [0.4, 0.5) is 0 Å². The minimum absolute atomic E-state index is 0.0679. The molecule has 19 heavy (non-hydrogen) atoms. The average Bonchev–Trinajstić information content (AvgIpc) is 2.07. The Kier molecular flexibility index (Phi) is 2.50. The van der Waals surface area contributed by atoms with Gasteiger partial charge in [-0.2, -0.15) is 0 Å². The van der Waals surface area contributed by atoms with Gasteiger partial charge in [0.25, 0.3) is 0 Å². The molecule has 0 heterocycles. The number of amides is 2. The molecule has 2 unspecified atom stereocenters. The zero-order chi connectivity index (χ0) is 14.1. The van der Waals surface area contributed by atoms with E-state index in [0.29, 0.717) is 16.7 Å². The summed E-state index contributed by atoms with van der Waals surface area (Å²) in [5.74, 6) is 0.566. The van der Waals surface area contributed by atoms with Gasteiger partial charge in [0.2, 0.25) is 11.8 Å². The van der Waals surface area contributed by atoms with E-state index in [-0.39, 0.29) is 17.4 Å². The molecule has 4 fully saturated rings. The van der Waals surface area contributed by atoms with Crippen LogP contribution in [0.25, 0.3) is 0 Å². The van der Waals surface area contributed by atoms with Gasteiger partial charge in [-0.3, -0.25) is 14.5 Å². The van der Waals surface area contributed by atoms with Crippen LogP contribution >= 0.6 is 0 Å². The van der Waals surface area contributed by atoms with Crippen molar-refractivity contribution in [3.05, 3.63) is 0 Å². The molecule has 0 radical (unpaired) electrons. The molecule has 4 saturated carbocycles. The van der Waals surface area contributed by atoms with Gasteiger partial charge >= 0.3 is 0 Å². The third-order valence-corrected chi connectivity index (χ3v) is 5.70. The van der Waals surface area contributed by atoms with E-state index in [1.165, 1.54) is 19.3 Å². The molecule has 3 nitrogen and oxygen atoms in total. The third kappa shape index (κ3) is 1.85. The van der Waals surface area contributed by atoms with Crippen molar-refractivity contribution in [2.45, 2.75) is 71.8 Å². The predicted molar refractivity (Wildman–Crippen MR) is 73.3 cm³/mol. The van der Waals surface area contributed by atoms with E-state index in [4.69, 9.17) is 0 Å². The van der Waals surface area contributed by atoms with Crippen molar-refractivity contribution in [3.63, 3.8) is 0 Å². The third-order valence-electron chi connectivity index (χ3n) is 5.70. The molecule has 0 aliphatic heterocycles. The Labute approximate surface area is 115 Å². The number of nitrogens with zero attached hydrogens (tertiary/aromatic N) is 1. The van der Waals surface area contributed by atoms with Crippen molar-refractivity contribution in [1.82, 2.24) is 4.90 Å². The lowest BCUT2D eigenvalue weighted by atomic mass is 9.42. The lowest BCUT2D eigenvalue weighted by Crippen LogP contribution is -2.66. The second-order valence-electron chi connectivity index (χ2n) is 8.23. The summed E-state index contributed by atoms with van der Waals surface area (Å²) in [6.45, 7) is 7.82. The quantitative estimate of drug-likeness (QED) is 0.729. The highest BCUT2D eigenvalue weighted by Gasteiger charge is 2.63. The fourth-order valence-corrected chi connectivity index (χ4v) is 6.53. The van der Waals surface area contributed by atoms with E-state index in [2.05, 4.69) is 13.8 Å². The maximum absolute atomic E-state index is 12.0. The Morgan fingerprint density at radius 3 is 1.74 bits per heavy atom. The maximum atomic E-state index is 12.0. The van der Waals surface area contributed by atoms with Crippen LogP contribution in [-0.2, 0) is 9.59 Å². The molecular formula is C16H25NO2. The summed E-state index contributed by atoms with van der Waals surface area (Å²) in [7, 11) is 0. The number of hydrogen-bond donors (Lipinski definition) is 0. The highest BCUT2D eigenvalue weighted by atomic mass is 16.2. The van der Waals surface area contributed by atoms with Crippen molar-refractivity contribution >= 4 is 11.8 Å². The fourth-order valence-electron chi connectivity index (χ4n) is 6.53. The summed E-state index contributed by atoms with van der Waals surface area (Å²) in [5.41, 5.74) is 0.481. The van der Waals surface area contributed by atoms with Gasteiger partial charge in [-0.1, -0.05) is 13.8 Å². The van der Waals surface area contributed by atoms with Crippen molar-refractivity contribution in [3.8, 4) is 0 Å². The highest BCUT2D eigenvalue weighted by Crippen LogP contribution is 2.67. The van der Waals surface area contributed by atoms with E-state index in [1.807, 2.05) is 0 Å². The Balaban J connectivity index is 2.04. The monoisotopic (exact) mass is 263 g/mol. The van der Waals surface area contributed by atoms with E-state index >= 15 is 0 Å².